The number of carbonyl (C=O) groups excluding carboxylic acids is 1. The molecule has 0 amide bonds. The predicted molar refractivity (Wildman–Crippen MR) is 133 cm³/mol. The second kappa shape index (κ2) is 10.1. The summed E-state index contributed by atoms with van der Waals surface area (Å²) in [5, 5.41) is 15.5. The minimum atomic E-state index is 0.00621. The highest BCUT2D eigenvalue weighted by Gasteiger charge is 2.15. The van der Waals surface area contributed by atoms with Crippen LogP contribution in [0.15, 0.2) is 69.7 Å². The van der Waals surface area contributed by atoms with Crippen molar-refractivity contribution in [1.29, 1.82) is 0 Å². The van der Waals surface area contributed by atoms with E-state index in [4.69, 9.17) is 9.15 Å². The van der Waals surface area contributed by atoms with Crippen molar-refractivity contribution in [3.8, 4) is 5.75 Å². The van der Waals surface area contributed by atoms with Crippen molar-refractivity contribution >= 4 is 50.6 Å². The highest BCUT2D eigenvalue weighted by molar-refractivity contribution is 7.99. The molecule has 0 unspecified atom stereocenters. The first-order valence-electron chi connectivity index (χ1n) is 10.7. The van der Waals surface area contributed by atoms with Crippen molar-refractivity contribution < 1.29 is 13.9 Å². The maximum atomic E-state index is 12.6. The number of H-pyrrole nitrogens is 1. The summed E-state index contributed by atoms with van der Waals surface area (Å²) in [6.07, 6.45) is 2.17. The lowest BCUT2D eigenvalue weighted by atomic mass is 10.1. The van der Waals surface area contributed by atoms with Crippen molar-refractivity contribution in [2.24, 2.45) is 0 Å². The molecule has 0 spiro atoms. The third kappa shape index (κ3) is 5.13. The van der Waals surface area contributed by atoms with E-state index < -0.39 is 0 Å². The smallest absolute Gasteiger partial charge is 0.277 e. The number of carbonyl (C=O) groups is 1. The third-order valence-corrected chi connectivity index (χ3v) is 6.59. The molecule has 0 radical (unpaired) electrons. The van der Waals surface area contributed by atoms with E-state index in [1.165, 1.54) is 23.1 Å². The van der Waals surface area contributed by atoms with E-state index >= 15 is 0 Å². The lowest BCUT2D eigenvalue weighted by Gasteiger charge is -2.05. The Kier molecular flexibility index (Phi) is 6.59. The molecule has 0 saturated carbocycles. The topological polar surface area (TPSA) is 106 Å². The Hall–Kier alpha value is -3.63. The fourth-order valence-corrected chi connectivity index (χ4v) is 4.79. The fraction of sp³-hybridized carbons (Fsp3) is 0.167. The van der Waals surface area contributed by atoms with E-state index in [9.17, 15) is 4.79 Å². The molecule has 0 fully saturated rings. The van der Waals surface area contributed by atoms with Crippen LogP contribution in [-0.2, 0) is 6.42 Å². The molecule has 8 nitrogen and oxygen atoms in total. The normalized spacial score (nSPS) is 11.1. The Labute approximate surface area is 203 Å². The molecule has 2 aromatic carbocycles. The molecule has 34 heavy (non-hydrogen) atoms. The van der Waals surface area contributed by atoms with Gasteiger partial charge in [0.2, 0.25) is 5.89 Å². The summed E-state index contributed by atoms with van der Waals surface area (Å²) in [7, 11) is 0. The highest BCUT2D eigenvalue weighted by atomic mass is 32.2. The number of rotatable bonds is 10. The molecule has 5 aromatic rings. The van der Waals surface area contributed by atoms with Gasteiger partial charge in [-0.2, -0.15) is 0 Å². The zero-order chi connectivity index (χ0) is 23.3. The molecule has 0 saturated heterocycles. The number of para-hydroxylation sites is 1. The van der Waals surface area contributed by atoms with Crippen molar-refractivity contribution in [3.05, 3.63) is 77.3 Å². The van der Waals surface area contributed by atoms with Crippen LogP contribution in [0.3, 0.4) is 0 Å². The van der Waals surface area contributed by atoms with Gasteiger partial charge in [0, 0.05) is 33.7 Å². The molecule has 2 N–H and O–H groups in total. The van der Waals surface area contributed by atoms with Crippen molar-refractivity contribution in [3.63, 3.8) is 0 Å². The van der Waals surface area contributed by atoms with E-state index in [2.05, 4.69) is 25.5 Å². The van der Waals surface area contributed by atoms with Gasteiger partial charge in [-0.05, 0) is 37.3 Å². The van der Waals surface area contributed by atoms with Crippen LogP contribution in [0.1, 0.15) is 28.9 Å². The van der Waals surface area contributed by atoms with Gasteiger partial charge in [0.1, 0.15) is 5.75 Å². The van der Waals surface area contributed by atoms with Gasteiger partial charge in [0.15, 0.2) is 10.9 Å². The van der Waals surface area contributed by atoms with Crippen molar-refractivity contribution in [1.82, 2.24) is 20.2 Å². The summed E-state index contributed by atoms with van der Waals surface area (Å²) in [5.41, 5.74) is 3.36. The van der Waals surface area contributed by atoms with Gasteiger partial charge in [-0.25, -0.2) is 4.98 Å². The van der Waals surface area contributed by atoms with E-state index in [1.54, 1.807) is 6.20 Å². The van der Waals surface area contributed by atoms with Crippen LogP contribution in [0.5, 0.6) is 5.75 Å². The van der Waals surface area contributed by atoms with Gasteiger partial charge in [-0.15, -0.1) is 21.5 Å². The average Bonchev–Trinajstić information content (AvgIpc) is 3.59. The lowest BCUT2D eigenvalue weighted by Crippen LogP contribution is -2.01. The van der Waals surface area contributed by atoms with Crippen molar-refractivity contribution in [2.45, 2.75) is 18.6 Å². The van der Waals surface area contributed by atoms with E-state index in [1.807, 2.05) is 60.8 Å². The number of ketones is 1. The second-order valence-corrected chi connectivity index (χ2v) is 9.11. The summed E-state index contributed by atoms with van der Waals surface area (Å²) >= 11 is 2.74. The Morgan fingerprint density at radius 3 is 2.88 bits per heavy atom. The molecule has 3 aromatic heterocycles. The van der Waals surface area contributed by atoms with Crippen LogP contribution < -0.4 is 10.1 Å². The number of fused-ring (bicyclic) bond motifs is 1. The Morgan fingerprint density at radius 2 is 2.03 bits per heavy atom. The molecule has 0 bridgehead atoms. The van der Waals surface area contributed by atoms with Gasteiger partial charge in [-0.1, -0.05) is 30.0 Å². The number of thiazole rings is 1. The van der Waals surface area contributed by atoms with Crippen LogP contribution in [0.2, 0.25) is 0 Å². The van der Waals surface area contributed by atoms with Crippen molar-refractivity contribution in [2.75, 3.05) is 17.7 Å². The summed E-state index contributed by atoms with van der Waals surface area (Å²) in [6, 6.07) is 15.5. The molecule has 0 aliphatic heterocycles. The summed E-state index contributed by atoms with van der Waals surface area (Å²) in [6.45, 7) is 2.60. The largest absolute Gasteiger partial charge is 0.494 e. The number of ether oxygens (including phenoxy) is 1. The maximum absolute atomic E-state index is 12.6. The number of anilines is 2. The summed E-state index contributed by atoms with van der Waals surface area (Å²) in [4.78, 5) is 20.4. The number of Topliss-reactive ketones (excluding diaryl/α,β-unsaturated/α-hetero) is 1. The third-order valence-electron chi connectivity index (χ3n) is 4.97. The van der Waals surface area contributed by atoms with Gasteiger partial charge in [-0.3, -0.25) is 4.79 Å². The lowest BCUT2D eigenvalue weighted by molar-refractivity contribution is 0.102. The Bertz CT molecular complexity index is 1410. The summed E-state index contributed by atoms with van der Waals surface area (Å²) < 4.78 is 11.2. The molecule has 0 atom stereocenters. The molecular formula is C24H21N5O3S2. The zero-order valence-electron chi connectivity index (χ0n) is 18.3. The number of benzene rings is 2. The van der Waals surface area contributed by atoms with Gasteiger partial charge in [0.25, 0.3) is 5.22 Å². The number of nitrogens with one attached hydrogen (secondary N) is 2. The Balaban J connectivity index is 1.15. The minimum Gasteiger partial charge on any atom is -0.494 e. The highest BCUT2D eigenvalue weighted by Crippen LogP contribution is 2.26. The van der Waals surface area contributed by atoms with Gasteiger partial charge >= 0.3 is 0 Å². The predicted octanol–water partition coefficient (Wildman–Crippen LogP) is 5.72. The first kappa shape index (κ1) is 22.2. The van der Waals surface area contributed by atoms with Crippen LogP contribution in [0.25, 0.3) is 10.9 Å². The monoisotopic (exact) mass is 491 g/mol. The number of nitrogens with zero attached hydrogens (tertiary/aromatic N) is 3. The number of hydrogen-bond donors (Lipinski definition) is 2. The van der Waals surface area contributed by atoms with Crippen LogP contribution in [0, 0.1) is 0 Å². The number of aromatic amines is 1. The fourth-order valence-electron chi connectivity index (χ4n) is 3.40. The second-order valence-electron chi connectivity index (χ2n) is 7.32. The molecule has 3 heterocycles. The molecule has 10 heteroatoms. The SMILES string of the molecule is CCOc1ccc(Nc2nc(Cc3nnc(SCC(=O)c4c[nH]c5ccccc45)o3)cs2)cc1. The Morgan fingerprint density at radius 1 is 1.18 bits per heavy atom. The summed E-state index contributed by atoms with van der Waals surface area (Å²) in [5.74, 6) is 1.52. The average molecular weight is 492 g/mol. The maximum Gasteiger partial charge on any atom is 0.277 e. The molecule has 172 valence electrons. The van der Waals surface area contributed by atoms with Crippen LogP contribution >= 0.6 is 23.1 Å². The van der Waals surface area contributed by atoms with Crippen LogP contribution in [-0.4, -0.2) is 38.3 Å². The minimum absolute atomic E-state index is 0.00621. The van der Waals surface area contributed by atoms with Crippen LogP contribution in [0.4, 0.5) is 10.8 Å². The number of thioether (sulfide) groups is 1. The van der Waals surface area contributed by atoms with E-state index in [0.717, 1.165) is 33.2 Å². The van der Waals surface area contributed by atoms with E-state index in [-0.39, 0.29) is 11.5 Å². The quantitative estimate of drug-likeness (QED) is 0.189. The molecule has 0 aliphatic carbocycles. The van der Waals surface area contributed by atoms with Gasteiger partial charge in [0.05, 0.1) is 24.5 Å². The number of hydrogen-bond acceptors (Lipinski definition) is 9. The van der Waals surface area contributed by atoms with Gasteiger partial charge < -0.3 is 19.5 Å². The van der Waals surface area contributed by atoms with E-state index in [0.29, 0.717) is 29.7 Å². The molecule has 0 aliphatic rings. The molecule has 5 rings (SSSR count). The molecular weight excluding hydrogens is 470 g/mol. The first-order valence-corrected chi connectivity index (χ1v) is 12.5. The zero-order valence-corrected chi connectivity index (χ0v) is 19.9. The first-order chi connectivity index (χ1) is 16.7. The number of aromatic nitrogens is 4. The standard InChI is InChI=1S/C24H21N5O3S2/c1-2-31-17-9-7-15(8-10-17)26-23-27-16(13-33-23)11-22-28-29-24(32-22)34-14-21(30)19-12-25-20-6-4-3-5-18(19)20/h3-10,12-13,25H,2,11,14H2,1H3,(H,26,27).